The van der Waals surface area contributed by atoms with Crippen LogP contribution in [0.3, 0.4) is 0 Å². The molecule has 4 heterocycles. The van der Waals surface area contributed by atoms with Crippen LogP contribution in [-0.4, -0.2) is 71.5 Å². The number of phenolic OH excluding ortho intramolecular Hbond substituents is 1. The van der Waals surface area contributed by atoms with Gasteiger partial charge in [0.1, 0.15) is 11.5 Å². The van der Waals surface area contributed by atoms with Gasteiger partial charge in [-0.15, -0.1) is 23.2 Å². The summed E-state index contributed by atoms with van der Waals surface area (Å²) in [5.74, 6) is -3.47. The topological polar surface area (TPSA) is 169 Å². The molecule has 5 aromatic rings. The second-order valence-electron chi connectivity index (χ2n) is 13.9. The summed E-state index contributed by atoms with van der Waals surface area (Å²) in [6.45, 7) is -0.416. The Kier molecular flexibility index (Phi) is 9.20. The van der Waals surface area contributed by atoms with Gasteiger partial charge in [0.2, 0.25) is 0 Å². The van der Waals surface area contributed by atoms with E-state index in [0.717, 1.165) is 21.6 Å². The number of rotatable bonds is 8. The summed E-state index contributed by atoms with van der Waals surface area (Å²) in [5, 5.41) is 11.6. The van der Waals surface area contributed by atoms with Crippen LogP contribution >= 0.6 is 39.1 Å². The first-order chi connectivity index (χ1) is 27.1. The molecular formula is C38H32BrCl2FN6O9. The van der Waals surface area contributed by atoms with Crippen LogP contribution in [0.1, 0.15) is 29.6 Å². The number of hydrogen-bond donors (Lipinski definition) is 1. The summed E-state index contributed by atoms with van der Waals surface area (Å²) in [6, 6.07) is 9.70. The quantitative estimate of drug-likeness (QED) is 0.136. The summed E-state index contributed by atoms with van der Waals surface area (Å²) in [6.07, 6.45) is 1.07. The summed E-state index contributed by atoms with van der Waals surface area (Å²) in [5.41, 5.74) is -0.604. The number of halogens is 4. The monoisotopic (exact) mass is 884 g/mol. The van der Waals surface area contributed by atoms with Crippen LogP contribution in [0.15, 0.2) is 79.0 Å². The number of aryl methyl sites for hydroxylation is 2. The number of aromatic nitrogens is 5. The highest BCUT2D eigenvalue weighted by Gasteiger charge is 2.76. The summed E-state index contributed by atoms with van der Waals surface area (Å²) in [7, 11) is 5.83. The number of nitrogens with zero attached hydrogens (tertiary/aromatic N) is 6. The van der Waals surface area contributed by atoms with E-state index in [9.17, 15) is 33.5 Å². The van der Waals surface area contributed by atoms with E-state index < -0.39 is 68.4 Å². The minimum absolute atomic E-state index is 0.00107. The highest BCUT2D eigenvalue weighted by Crippen LogP contribution is 2.65. The molecule has 15 nitrogen and oxygen atoms in total. The van der Waals surface area contributed by atoms with Crippen molar-refractivity contribution in [1.29, 1.82) is 0 Å². The van der Waals surface area contributed by atoms with E-state index in [1.807, 2.05) is 0 Å². The molecule has 1 saturated heterocycles. The van der Waals surface area contributed by atoms with E-state index in [1.54, 1.807) is 25.3 Å². The van der Waals surface area contributed by atoms with E-state index in [4.69, 9.17) is 37.4 Å². The summed E-state index contributed by atoms with van der Waals surface area (Å²) >= 11 is 18.2. The molecule has 0 radical (unpaired) electrons. The van der Waals surface area contributed by atoms with Gasteiger partial charge < -0.3 is 23.9 Å². The predicted octanol–water partition coefficient (Wildman–Crippen LogP) is 4.13. The number of hydrogen-bond acceptors (Lipinski definition) is 10. The average Bonchev–Trinajstić information content (AvgIpc) is 3.53. The molecule has 1 aliphatic carbocycles. The van der Waals surface area contributed by atoms with Gasteiger partial charge in [-0.2, -0.15) is 0 Å². The van der Waals surface area contributed by atoms with Crippen molar-refractivity contribution in [3.8, 4) is 23.0 Å². The van der Waals surface area contributed by atoms with E-state index in [-0.39, 0.29) is 42.2 Å². The van der Waals surface area contributed by atoms with E-state index >= 15 is 0 Å². The highest BCUT2D eigenvalue weighted by molar-refractivity contribution is 9.10. The Balaban J connectivity index is 1.25. The maximum atomic E-state index is 14.6. The summed E-state index contributed by atoms with van der Waals surface area (Å²) < 4.78 is 35.3. The molecule has 0 unspecified atom stereocenters. The SMILES string of the molecule is COc1cc2nc(CCn3c(=O)n4n(c3=O)[C@@H]3C[C@@]5(Cl)C(=O)N(c6ccc(F)cc6)C(=O)[C@@]5(Cl)[C@@H](c5cc(Br)cc(OC)c5O)C3=CC4)c(=O)n(C)c2cc1OC. The first kappa shape index (κ1) is 38.5. The maximum absolute atomic E-state index is 14.6. The minimum Gasteiger partial charge on any atom is -0.504 e. The van der Waals surface area contributed by atoms with Gasteiger partial charge in [-0.3, -0.25) is 14.4 Å². The number of ether oxygens (including phenoxy) is 3. The molecule has 1 N–H and O–H groups in total. The lowest BCUT2D eigenvalue weighted by molar-refractivity contribution is -0.122. The average molecular weight is 887 g/mol. The molecule has 0 bridgehead atoms. The van der Waals surface area contributed by atoms with Crippen LogP contribution in [0, 0.1) is 5.82 Å². The van der Waals surface area contributed by atoms with Crippen LogP contribution in [0.5, 0.6) is 23.0 Å². The molecule has 8 rings (SSSR count). The fraction of sp³-hybridized carbons (Fsp3) is 0.316. The van der Waals surface area contributed by atoms with Gasteiger partial charge >= 0.3 is 11.4 Å². The molecule has 2 fully saturated rings. The normalized spacial score (nSPS) is 22.6. The number of fused-ring (bicyclic) bond motifs is 5. The second-order valence-corrected chi connectivity index (χ2v) is 16.0. The van der Waals surface area contributed by atoms with E-state index in [1.165, 1.54) is 59.5 Å². The fourth-order valence-electron chi connectivity index (χ4n) is 8.31. The molecule has 2 aliphatic heterocycles. The number of alkyl halides is 2. The van der Waals surface area contributed by atoms with Gasteiger partial charge in [-0.25, -0.2) is 37.8 Å². The van der Waals surface area contributed by atoms with Crippen molar-refractivity contribution in [2.75, 3.05) is 26.2 Å². The molecule has 3 aliphatic rings. The Bertz CT molecular complexity index is 2780. The molecule has 1 saturated carbocycles. The lowest BCUT2D eigenvalue weighted by Crippen LogP contribution is -2.59. The van der Waals surface area contributed by atoms with E-state index in [0.29, 0.717) is 32.6 Å². The smallest absolute Gasteiger partial charge is 0.347 e. The molecule has 3 aromatic carbocycles. The molecule has 19 heteroatoms. The Morgan fingerprint density at radius 2 is 1.60 bits per heavy atom. The van der Waals surface area contributed by atoms with Gasteiger partial charge in [0, 0.05) is 54.5 Å². The van der Waals surface area contributed by atoms with Gasteiger partial charge in [-0.05, 0) is 42.0 Å². The van der Waals surface area contributed by atoms with Crippen molar-refractivity contribution in [3.63, 3.8) is 0 Å². The lowest BCUT2D eigenvalue weighted by Gasteiger charge is -2.49. The van der Waals surface area contributed by atoms with Crippen molar-refractivity contribution in [2.45, 2.75) is 47.6 Å². The second kappa shape index (κ2) is 13.6. The molecule has 4 atom stereocenters. The van der Waals surface area contributed by atoms with Crippen molar-refractivity contribution in [2.24, 2.45) is 7.05 Å². The van der Waals surface area contributed by atoms with Gasteiger partial charge in [0.05, 0.1) is 50.6 Å². The standard InChI is InChI=1S/C38H32BrCl2FN6O9/c1-44-25-16-28(56-3)27(55-2)15-24(25)43-23(32(44)50)10-11-45-35(53)46-12-9-21-26(48(46)36(45)54)17-37(40)33(51)47(20-7-5-19(42)6-8-20)34(52)38(37,41)30(21)22-13-18(39)14-29(57-4)31(22)49/h5-9,13-16,26,30,49H,10-12,17H2,1-4H3/t26-,30-,37-,38+/m1/s1. The van der Waals surface area contributed by atoms with Crippen LogP contribution < -0.4 is 36.0 Å². The number of benzene rings is 3. The molecule has 2 aromatic heterocycles. The largest absolute Gasteiger partial charge is 0.504 e. The van der Waals surface area contributed by atoms with Crippen molar-refractivity contribution in [3.05, 3.63) is 113 Å². The number of allylic oxidation sites excluding steroid dienone is 2. The Hall–Kier alpha value is -5.39. The highest BCUT2D eigenvalue weighted by atomic mass is 79.9. The zero-order chi connectivity index (χ0) is 40.9. The zero-order valence-corrected chi connectivity index (χ0v) is 33.7. The Morgan fingerprint density at radius 3 is 2.26 bits per heavy atom. The van der Waals surface area contributed by atoms with E-state index in [2.05, 4.69) is 20.9 Å². The number of amides is 2. The Labute approximate surface area is 340 Å². The number of anilines is 1. The van der Waals surface area contributed by atoms with Crippen LogP contribution in [0.4, 0.5) is 10.1 Å². The summed E-state index contributed by atoms with van der Waals surface area (Å²) in [4.78, 5) is 71.8. The first-order valence-electron chi connectivity index (χ1n) is 17.4. The number of aromatic hydroxyl groups is 1. The number of carbonyl (C=O) groups excluding carboxylic acids is 2. The molecule has 296 valence electrons. The minimum atomic E-state index is -2.31. The third-order valence-electron chi connectivity index (χ3n) is 11.1. The number of methoxy groups -OCH3 is 3. The zero-order valence-electron chi connectivity index (χ0n) is 30.6. The van der Waals surface area contributed by atoms with Gasteiger partial charge in [0.15, 0.2) is 32.7 Å². The van der Waals surface area contributed by atoms with Gasteiger partial charge in [0.25, 0.3) is 17.4 Å². The third kappa shape index (κ3) is 5.41. The molecular weight excluding hydrogens is 854 g/mol. The lowest BCUT2D eigenvalue weighted by atomic mass is 9.64. The van der Waals surface area contributed by atoms with Crippen molar-refractivity contribution in [1.82, 2.24) is 23.5 Å². The number of phenols is 1. The Morgan fingerprint density at radius 1 is 0.930 bits per heavy atom. The van der Waals surface area contributed by atoms with Crippen LogP contribution in [0.25, 0.3) is 11.0 Å². The molecule has 0 spiro atoms. The predicted molar refractivity (Wildman–Crippen MR) is 210 cm³/mol. The molecule has 2 amide bonds. The fourth-order valence-corrected chi connectivity index (χ4v) is 9.67. The van der Waals surface area contributed by atoms with Crippen molar-refractivity contribution >= 4 is 67.7 Å². The number of imide groups is 1. The van der Waals surface area contributed by atoms with Crippen LogP contribution in [0.2, 0.25) is 0 Å². The van der Waals surface area contributed by atoms with Crippen LogP contribution in [-0.2, 0) is 36.1 Å². The van der Waals surface area contributed by atoms with Crippen molar-refractivity contribution < 1.29 is 33.3 Å². The molecule has 57 heavy (non-hydrogen) atoms. The first-order valence-corrected chi connectivity index (χ1v) is 19.0. The van der Waals surface area contributed by atoms with Gasteiger partial charge in [-0.1, -0.05) is 22.0 Å². The third-order valence-corrected chi connectivity index (χ3v) is 12.9. The number of carbonyl (C=O) groups is 2. The maximum Gasteiger partial charge on any atom is 0.347 e.